The SMILES string of the molecule is C=C(C(O)CCC)S(=O)c1ccc(C)cc1. The maximum Gasteiger partial charge on any atom is 0.0871 e. The lowest BCUT2D eigenvalue weighted by Gasteiger charge is -2.12. The molecule has 0 aromatic heterocycles. The highest BCUT2D eigenvalue weighted by atomic mass is 32.2. The summed E-state index contributed by atoms with van der Waals surface area (Å²) in [4.78, 5) is 1.09. The quantitative estimate of drug-likeness (QED) is 0.856. The van der Waals surface area contributed by atoms with E-state index < -0.39 is 16.9 Å². The molecule has 0 bridgehead atoms. The zero-order valence-electron chi connectivity index (χ0n) is 9.77. The Hall–Kier alpha value is -0.930. The van der Waals surface area contributed by atoms with E-state index in [4.69, 9.17) is 0 Å². The van der Waals surface area contributed by atoms with Crippen LogP contribution in [0.1, 0.15) is 25.3 Å². The Morgan fingerprint density at radius 2 is 2.00 bits per heavy atom. The average Bonchev–Trinajstić information content (AvgIpc) is 2.28. The highest BCUT2D eigenvalue weighted by Crippen LogP contribution is 2.18. The van der Waals surface area contributed by atoms with Crippen molar-refractivity contribution in [1.29, 1.82) is 0 Å². The summed E-state index contributed by atoms with van der Waals surface area (Å²) in [5, 5.41) is 9.71. The predicted octanol–water partition coefficient (Wildman–Crippen LogP) is 2.78. The van der Waals surface area contributed by atoms with Crippen molar-refractivity contribution in [1.82, 2.24) is 0 Å². The molecule has 1 N–H and O–H groups in total. The average molecular weight is 238 g/mol. The summed E-state index contributed by atoms with van der Waals surface area (Å²) in [6.45, 7) is 7.68. The van der Waals surface area contributed by atoms with Crippen molar-refractivity contribution < 1.29 is 9.32 Å². The Balaban J connectivity index is 2.78. The van der Waals surface area contributed by atoms with Crippen molar-refractivity contribution in [3.63, 3.8) is 0 Å². The molecule has 88 valence electrons. The molecule has 0 amide bonds. The fourth-order valence-corrected chi connectivity index (χ4v) is 2.42. The molecule has 0 radical (unpaired) electrons. The largest absolute Gasteiger partial charge is 0.388 e. The van der Waals surface area contributed by atoms with Crippen LogP contribution in [-0.2, 0) is 10.8 Å². The predicted molar refractivity (Wildman–Crippen MR) is 67.6 cm³/mol. The molecule has 16 heavy (non-hydrogen) atoms. The molecule has 0 fully saturated rings. The minimum absolute atomic E-state index is 0.394. The van der Waals surface area contributed by atoms with Gasteiger partial charge in [-0.15, -0.1) is 0 Å². The van der Waals surface area contributed by atoms with E-state index in [0.717, 1.165) is 12.0 Å². The lowest BCUT2D eigenvalue weighted by Crippen LogP contribution is -2.13. The van der Waals surface area contributed by atoms with Gasteiger partial charge in [-0.05, 0) is 25.5 Å². The monoisotopic (exact) mass is 238 g/mol. The van der Waals surface area contributed by atoms with Gasteiger partial charge < -0.3 is 5.11 Å². The topological polar surface area (TPSA) is 37.3 Å². The van der Waals surface area contributed by atoms with Crippen LogP contribution in [0.25, 0.3) is 0 Å². The van der Waals surface area contributed by atoms with E-state index in [1.54, 1.807) is 0 Å². The number of hydrogen-bond acceptors (Lipinski definition) is 2. The first-order valence-corrected chi connectivity index (χ1v) is 6.56. The summed E-state index contributed by atoms with van der Waals surface area (Å²) in [7, 11) is -1.31. The smallest absolute Gasteiger partial charge is 0.0871 e. The standard InChI is InChI=1S/C13H18O2S/c1-4-5-13(14)11(3)16(15)12-8-6-10(2)7-9-12/h6-9,13-14H,3-5H2,1-2H3. The van der Waals surface area contributed by atoms with Gasteiger partial charge >= 0.3 is 0 Å². The van der Waals surface area contributed by atoms with Crippen LogP contribution in [0.2, 0.25) is 0 Å². The van der Waals surface area contributed by atoms with Crippen molar-refractivity contribution in [2.24, 2.45) is 0 Å². The minimum atomic E-state index is -1.31. The zero-order chi connectivity index (χ0) is 12.1. The molecule has 0 aliphatic carbocycles. The maximum atomic E-state index is 12.0. The summed E-state index contributed by atoms with van der Waals surface area (Å²) in [5.74, 6) is 0. The van der Waals surface area contributed by atoms with Crippen LogP contribution in [0.5, 0.6) is 0 Å². The van der Waals surface area contributed by atoms with E-state index >= 15 is 0 Å². The molecule has 0 saturated heterocycles. The molecule has 2 unspecified atom stereocenters. The maximum absolute atomic E-state index is 12.0. The van der Waals surface area contributed by atoms with Crippen molar-refractivity contribution in [3.05, 3.63) is 41.3 Å². The molecular formula is C13H18O2S. The second kappa shape index (κ2) is 5.97. The first-order chi connectivity index (χ1) is 7.56. The Morgan fingerprint density at radius 3 is 2.50 bits per heavy atom. The number of hydrogen-bond donors (Lipinski definition) is 1. The number of aliphatic hydroxyl groups is 1. The van der Waals surface area contributed by atoms with Gasteiger partial charge in [0.05, 0.1) is 16.9 Å². The zero-order valence-corrected chi connectivity index (χ0v) is 10.6. The fraction of sp³-hybridized carbons (Fsp3) is 0.385. The van der Waals surface area contributed by atoms with Crippen LogP contribution >= 0.6 is 0 Å². The van der Waals surface area contributed by atoms with Crippen molar-refractivity contribution in [2.45, 2.75) is 37.7 Å². The summed E-state index contributed by atoms with van der Waals surface area (Å²) in [6.07, 6.45) is 0.786. The third-order valence-electron chi connectivity index (χ3n) is 2.41. The normalized spacial score (nSPS) is 14.4. The summed E-state index contributed by atoms with van der Waals surface area (Å²) in [6, 6.07) is 7.45. The van der Waals surface area contributed by atoms with Gasteiger partial charge in [-0.25, -0.2) is 4.21 Å². The highest BCUT2D eigenvalue weighted by Gasteiger charge is 2.15. The van der Waals surface area contributed by atoms with E-state index in [0.29, 0.717) is 16.2 Å². The number of rotatable bonds is 5. The van der Waals surface area contributed by atoms with Gasteiger partial charge in [-0.2, -0.15) is 0 Å². The molecule has 0 heterocycles. The lowest BCUT2D eigenvalue weighted by atomic mass is 10.2. The Kier molecular flexibility index (Phi) is 4.90. The summed E-state index contributed by atoms with van der Waals surface area (Å²) < 4.78 is 12.0. The molecular weight excluding hydrogens is 220 g/mol. The van der Waals surface area contributed by atoms with Gasteiger partial charge in [0, 0.05) is 9.80 Å². The van der Waals surface area contributed by atoms with Crippen molar-refractivity contribution in [2.75, 3.05) is 0 Å². The number of aryl methyl sites for hydroxylation is 1. The summed E-state index contributed by atoms with van der Waals surface area (Å²) in [5.41, 5.74) is 1.13. The fourth-order valence-electron chi connectivity index (χ4n) is 1.37. The van der Waals surface area contributed by atoms with Crippen LogP contribution < -0.4 is 0 Å². The molecule has 1 rings (SSSR count). The molecule has 0 spiro atoms. The van der Waals surface area contributed by atoms with Crippen molar-refractivity contribution >= 4 is 10.8 Å². The van der Waals surface area contributed by atoms with Gasteiger partial charge in [-0.1, -0.05) is 37.6 Å². The Bertz CT molecular complexity index is 381. The lowest BCUT2D eigenvalue weighted by molar-refractivity contribution is 0.207. The third kappa shape index (κ3) is 3.29. The molecule has 0 aliphatic rings. The van der Waals surface area contributed by atoms with Crippen LogP contribution in [-0.4, -0.2) is 15.4 Å². The van der Waals surface area contributed by atoms with E-state index in [2.05, 4.69) is 6.58 Å². The second-order valence-electron chi connectivity index (χ2n) is 3.85. The van der Waals surface area contributed by atoms with E-state index in [9.17, 15) is 9.32 Å². The van der Waals surface area contributed by atoms with Crippen LogP contribution in [0.3, 0.4) is 0 Å². The van der Waals surface area contributed by atoms with Crippen LogP contribution in [0, 0.1) is 6.92 Å². The molecule has 1 aromatic rings. The molecule has 2 atom stereocenters. The molecule has 2 nitrogen and oxygen atoms in total. The number of aliphatic hydroxyl groups excluding tert-OH is 1. The van der Waals surface area contributed by atoms with Crippen LogP contribution in [0.15, 0.2) is 40.6 Å². The van der Waals surface area contributed by atoms with Gasteiger partial charge in [0.2, 0.25) is 0 Å². The van der Waals surface area contributed by atoms with Crippen molar-refractivity contribution in [3.8, 4) is 0 Å². The minimum Gasteiger partial charge on any atom is -0.388 e. The molecule has 1 aromatic carbocycles. The van der Waals surface area contributed by atoms with Gasteiger partial charge in [0.1, 0.15) is 0 Å². The first kappa shape index (κ1) is 13.1. The van der Waals surface area contributed by atoms with E-state index in [-0.39, 0.29) is 0 Å². The van der Waals surface area contributed by atoms with Crippen LogP contribution in [0.4, 0.5) is 0 Å². The van der Waals surface area contributed by atoms with Gasteiger partial charge in [0.25, 0.3) is 0 Å². The first-order valence-electron chi connectivity index (χ1n) is 5.41. The summed E-state index contributed by atoms with van der Waals surface area (Å²) >= 11 is 0. The molecule has 3 heteroatoms. The Morgan fingerprint density at radius 1 is 1.44 bits per heavy atom. The second-order valence-corrected chi connectivity index (χ2v) is 5.39. The molecule has 0 aliphatic heterocycles. The van der Waals surface area contributed by atoms with Gasteiger partial charge in [-0.3, -0.25) is 0 Å². The highest BCUT2D eigenvalue weighted by molar-refractivity contribution is 7.89. The third-order valence-corrected chi connectivity index (χ3v) is 3.86. The van der Waals surface area contributed by atoms with E-state index in [1.807, 2.05) is 38.1 Å². The van der Waals surface area contributed by atoms with Gasteiger partial charge in [0.15, 0.2) is 0 Å². The Labute approximate surface area is 99.5 Å². The number of benzene rings is 1. The molecule has 0 saturated carbocycles. The van der Waals surface area contributed by atoms with E-state index in [1.165, 1.54) is 0 Å².